The van der Waals surface area contributed by atoms with Gasteiger partial charge in [0.2, 0.25) is 15.9 Å². The van der Waals surface area contributed by atoms with E-state index in [2.05, 4.69) is 17.4 Å². The molecule has 1 amide bonds. The van der Waals surface area contributed by atoms with Crippen molar-refractivity contribution < 1.29 is 13.2 Å². The summed E-state index contributed by atoms with van der Waals surface area (Å²) in [6.07, 6.45) is 1.06. The Hall–Kier alpha value is -2.05. The number of nitrogens with zero attached hydrogens (tertiary/aromatic N) is 1. The Bertz CT molecular complexity index is 958. The van der Waals surface area contributed by atoms with E-state index >= 15 is 0 Å². The van der Waals surface area contributed by atoms with Gasteiger partial charge in [0, 0.05) is 0 Å². The standard InChI is InChI=1S/C20H25ClN2O3S/c1-13-10-15(3)17(11-14(13)2)16(4)22-20(24)12-23(27(5,25)26)19-9-7-6-8-18(19)21/h6-11,16H,12H2,1-5H3,(H,22,24)/t16-/m1/s1. The largest absolute Gasteiger partial charge is 0.348 e. The second-order valence-corrected chi connectivity index (χ2v) is 9.12. The zero-order valence-corrected chi connectivity index (χ0v) is 17.8. The van der Waals surface area contributed by atoms with Crippen LogP contribution in [-0.4, -0.2) is 27.1 Å². The smallest absolute Gasteiger partial charge is 0.241 e. The van der Waals surface area contributed by atoms with E-state index in [1.54, 1.807) is 24.3 Å². The van der Waals surface area contributed by atoms with Crippen LogP contribution in [0.25, 0.3) is 0 Å². The van der Waals surface area contributed by atoms with Gasteiger partial charge in [-0.15, -0.1) is 0 Å². The van der Waals surface area contributed by atoms with Crippen LogP contribution in [0.4, 0.5) is 5.69 Å². The fraction of sp³-hybridized carbons (Fsp3) is 0.350. The van der Waals surface area contributed by atoms with Crippen LogP contribution in [0, 0.1) is 20.8 Å². The SMILES string of the molecule is Cc1cc(C)c([C@@H](C)NC(=O)CN(c2ccccc2Cl)S(C)(=O)=O)cc1C. The first-order valence-electron chi connectivity index (χ1n) is 8.60. The van der Waals surface area contributed by atoms with Crippen LogP contribution >= 0.6 is 11.6 Å². The van der Waals surface area contributed by atoms with E-state index in [9.17, 15) is 13.2 Å². The van der Waals surface area contributed by atoms with Crippen molar-refractivity contribution in [3.63, 3.8) is 0 Å². The average molecular weight is 409 g/mol. The van der Waals surface area contributed by atoms with Gasteiger partial charge in [-0.1, -0.05) is 35.9 Å². The van der Waals surface area contributed by atoms with Crippen molar-refractivity contribution in [2.45, 2.75) is 33.7 Å². The molecule has 27 heavy (non-hydrogen) atoms. The third-order valence-electron chi connectivity index (χ3n) is 4.54. The summed E-state index contributed by atoms with van der Waals surface area (Å²) in [4.78, 5) is 12.6. The first-order valence-corrected chi connectivity index (χ1v) is 10.8. The maximum Gasteiger partial charge on any atom is 0.241 e. The van der Waals surface area contributed by atoms with E-state index in [4.69, 9.17) is 11.6 Å². The Morgan fingerprint density at radius 2 is 1.70 bits per heavy atom. The lowest BCUT2D eigenvalue weighted by molar-refractivity contribution is -0.120. The molecule has 0 unspecified atom stereocenters. The molecule has 2 aromatic carbocycles. The number of carbonyl (C=O) groups excluding carboxylic acids is 1. The average Bonchev–Trinajstić information content (AvgIpc) is 2.55. The van der Waals surface area contributed by atoms with Crippen molar-refractivity contribution in [1.82, 2.24) is 5.32 Å². The lowest BCUT2D eigenvalue weighted by atomic mass is 9.96. The van der Waals surface area contributed by atoms with Crippen molar-refractivity contribution in [3.05, 3.63) is 63.7 Å². The third kappa shape index (κ3) is 5.23. The van der Waals surface area contributed by atoms with E-state index in [1.165, 1.54) is 5.56 Å². The number of amides is 1. The molecule has 1 atom stereocenters. The molecule has 0 saturated heterocycles. The third-order valence-corrected chi connectivity index (χ3v) is 5.98. The predicted octanol–water partition coefficient (Wildman–Crippen LogP) is 3.91. The Morgan fingerprint density at radius 3 is 2.30 bits per heavy atom. The predicted molar refractivity (Wildman–Crippen MR) is 111 cm³/mol. The van der Waals surface area contributed by atoms with Crippen LogP contribution in [0.15, 0.2) is 36.4 Å². The summed E-state index contributed by atoms with van der Waals surface area (Å²) in [5.74, 6) is -0.398. The molecule has 0 aliphatic heterocycles. The molecule has 0 aliphatic carbocycles. The monoisotopic (exact) mass is 408 g/mol. The van der Waals surface area contributed by atoms with Crippen LogP contribution < -0.4 is 9.62 Å². The maximum absolute atomic E-state index is 12.6. The summed E-state index contributed by atoms with van der Waals surface area (Å²) >= 11 is 6.13. The van der Waals surface area contributed by atoms with Crippen LogP contribution in [-0.2, 0) is 14.8 Å². The summed E-state index contributed by atoms with van der Waals surface area (Å²) in [5, 5.41) is 3.16. The van der Waals surface area contributed by atoms with Gasteiger partial charge in [-0.05, 0) is 62.1 Å². The zero-order valence-electron chi connectivity index (χ0n) is 16.2. The van der Waals surface area contributed by atoms with Gasteiger partial charge in [0.1, 0.15) is 6.54 Å². The number of benzene rings is 2. The summed E-state index contributed by atoms with van der Waals surface area (Å²) in [6, 6.07) is 10.4. The number of hydrogen-bond donors (Lipinski definition) is 1. The van der Waals surface area contributed by atoms with Crippen molar-refractivity contribution in [1.29, 1.82) is 0 Å². The summed E-state index contributed by atoms with van der Waals surface area (Å²) in [6.45, 7) is 7.61. The van der Waals surface area contributed by atoms with Crippen LogP contribution in [0.5, 0.6) is 0 Å². The topological polar surface area (TPSA) is 66.5 Å². The van der Waals surface area contributed by atoms with Crippen LogP contribution in [0.1, 0.15) is 35.2 Å². The van der Waals surface area contributed by atoms with Gasteiger partial charge in [-0.3, -0.25) is 9.10 Å². The molecule has 2 aromatic rings. The zero-order chi connectivity index (χ0) is 20.4. The van der Waals surface area contributed by atoms with Gasteiger partial charge in [0.05, 0.1) is 23.0 Å². The van der Waals surface area contributed by atoms with E-state index < -0.39 is 15.9 Å². The molecule has 0 radical (unpaired) electrons. The molecule has 0 aliphatic rings. The number of sulfonamides is 1. The van der Waals surface area contributed by atoms with Crippen LogP contribution in [0.2, 0.25) is 5.02 Å². The number of carbonyl (C=O) groups is 1. The van der Waals surface area contributed by atoms with E-state index in [1.807, 2.05) is 27.7 Å². The van der Waals surface area contributed by atoms with Crippen molar-refractivity contribution in [2.24, 2.45) is 0 Å². The van der Waals surface area contributed by atoms with Crippen LogP contribution in [0.3, 0.4) is 0 Å². The second-order valence-electron chi connectivity index (χ2n) is 6.80. The number of nitrogens with one attached hydrogen (secondary N) is 1. The molecule has 5 nitrogen and oxygen atoms in total. The van der Waals surface area contributed by atoms with Gasteiger partial charge in [0.15, 0.2) is 0 Å². The minimum absolute atomic E-state index is 0.246. The Morgan fingerprint density at radius 1 is 1.11 bits per heavy atom. The number of anilines is 1. The van der Waals surface area contributed by atoms with Crippen molar-refractivity contribution in [3.8, 4) is 0 Å². The lowest BCUT2D eigenvalue weighted by Crippen LogP contribution is -2.41. The normalized spacial score (nSPS) is 12.5. The fourth-order valence-electron chi connectivity index (χ4n) is 2.98. The van der Waals surface area contributed by atoms with Gasteiger partial charge >= 0.3 is 0 Å². The molecular formula is C20H25ClN2O3S. The molecule has 1 N–H and O–H groups in total. The van der Waals surface area contributed by atoms with Crippen molar-refractivity contribution >= 4 is 33.2 Å². The van der Waals surface area contributed by atoms with E-state index in [0.29, 0.717) is 0 Å². The molecule has 0 spiro atoms. The fourth-order valence-corrected chi connectivity index (χ4v) is 4.14. The molecule has 0 aromatic heterocycles. The summed E-state index contributed by atoms with van der Waals surface area (Å²) in [5.41, 5.74) is 4.71. The molecular weight excluding hydrogens is 384 g/mol. The minimum Gasteiger partial charge on any atom is -0.348 e. The highest BCUT2D eigenvalue weighted by molar-refractivity contribution is 7.92. The number of para-hydroxylation sites is 1. The molecule has 0 fully saturated rings. The van der Waals surface area contributed by atoms with Crippen molar-refractivity contribution in [2.75, 3.05) is 17.1 Å². The molecule has 7 heteroatoms. The highest BCUT2D eigenvalue weighted by Crippen LogP contribution is 2.27. The Balaban J connectivity index is 2.22. The number of rotatable bonds is 6. The molecule has 0 saturated carbocycles. The highest BCUT2D eigenvalue weighted by atomic mass is 35.5. The van der Waals surface area contributed by atoms with Gasteiger partial charge < -0.3 is 5.32 Å². The first kappa shape index (κ1) is 21.3. The lowest BCUT2D eigenvalue weighted by Gasteiger charge is -2.24. The van der Waals surface area contributed by atoms with Gasteiger partial charge in [0.25, 0.3) is 0 Å². The quantitative estimate of drug-likeness (QED) is 0.787. The second kappa shape index (κ2) is 8.31. The van der Waals surface area contributed by atoms with E-state index in [-0.39, 0.29) is 23.3 Å². The number of halogens is 1. The Kier molecular flexibility index (Phi) is 6.54. The molecule has 0 bridgehead atoms. The molecule has 2 rings (SSSR count). The van der Waals surface area contributed by atoms with E-state index in [0.717, 1.165) is 27.3 Å². The number of hydrogen-bond acceptors (Lipinski definition) is 3. The highest BCUT2D eigenvalue weighted by Gasteiger charge is 2.24. The minimum atomic E-state index is -3.67. The number of aryl methyl sites for hydroxylation is 3. The first-order chi connectivity index (χ1) is 12.5. The van der Waals surface area contributed by atoms with Gasteiger partial charge in [-0.25, -0.2) is 8.42 Å². The Labute approximate surface area is 166 Å². The summed E-state index contributed by atoms with van der Waals surface area (Å²) < 4.78 is 25.4. The summed E-state index contributed by atoms with van der Waals surface area (Å²) in [7, 11) is -3.67. The molecule has 146 valence electrons. The maximum atomic E-state index is 12.6. The molecule has 0 heterocycles. The van der Waals surface area contributed by atoms with Gasteiger partial charge in [-0.2, -0.15) is 0 Å².